The number of rotatable bonds is 28. The molecular weight excluding hydrogens is 428 g/mol. The molecule has 35 heavy (non-hydrogen) atoms. The number of unbranched alkanes of at least 4 members (excludes halogenated alkanes) is 20. The van der Waals surface area contributed by atoms with Crippen LogP contribution in [0.1, 0.15) is 174 Å². The lowest BCUT2D eigenvalue weighted by molar-refractivity contribution is -0.143. The third-order valence-electron chi connectivity index (χ3n) is 6.84. The minimum atomic E-state index is 0.00891. The van der Waals surface area contributed by atoms with Crippen molar-refractivity contribution in [3.8, 4) is 0 Å². The quantitative estimate of drug-likeness (QED) is 0.0619. The second-order valence-corrected chi connectivity index (χ2v) is 10.4. The van der Waals surface area contributed by atoms with Gasteiger partial charge in [0.15, 0.2) is 0 Å². The highest BCUT2D eigenvalue weighted by molar-refractivity contribution is 5.69. The summed E-state index contributed by atoms with van der Waals surface area (Å²) in [5.74, 6) is 0.00891. The summed E-state index contributed by atoms with van der Waals surface area (Å²) in [6.45, 7) is 5.16. The number of allylic oxidation sites excluding steroid dienone is 4. The van der Waals surface area contributed by atoms with Gasteiger partial charge in [-0.25, -0.2) is 0 Å². The van der Waals surface area contributed by atoms with Crippen LogP contribution in [0.5, 0.6) is 0 Å². The van der Waals surface area contributed by atoms with Gasteiger partial charge in [0.1, 0.15) is 0 Å². The standard InChI is InChI=1S/C33H62O2/c1-3-5-7-9-11-13-15-17-18-19-21-23-25-27-29-31-33(34)35-32-30-28-26-24-22-20-16-14-12-10-8-6-4-2/h11,13,17-18H,3-10,12,14-16,19-32H2,1-2H3/b13-11-,18-17-. The fraction of sp³-hybridized carbons (Fsp3) is 0.848. The summed E-state index contributed by atoms with van der Waals surface area (Å²) in [6, 6.07) is 0. The summed E-state index contributed by atoms with van der Waals surface area (Å²) in [6.07, 6.45) is 40.7. The van der Waals surface area contributed by atoms with Crippen molar-refractivity contribution in [2.24, 2.45) is 0 Å². The molecule has 0 fully saturated rings. The Morgan fingerprint density at radius 3 is 1.43 bits per heavy atom. The molecule has 0 aromatic carbocycles. The van der Waals surface area contributed by atoms with Crippen molar-refractivity contribution in [2.75, 3.05) is 6.61 Å². The zero-order valence-corrected chi connectivity index (χ0v) is 24.0. The van der Waals surface area contributed by atoms with E-state index in [0.29, 0.717) is 13.0 Å². The molecule has 0 aromatic heterocycles. The number of ether oxygens (including phenoxy) is 1. The van der Waals surface area contributed by atoms with Crippen LogP contribution in [0.15, 0.2) is 24.3 Å². The van der Waals surface area contributed by atoms with Crippen LogP contribution in [0, 0.1) is 0 Å². The molecule has 0 heterocycles. The molecular formula is C33H62O2. The van der Waals surface area contributed by atoms with Crippen molar-refractivity contribution in [3.05, 3.63) is 24.3 Å². The van der Waals surface area contributed by atoms with E-state index in [1.165, 1.54) is 128 Å². The van der Waals surface area contributed by atoms with Crippen LogP contribution >= 0.6 is 0 Å². The van der Waals surface area contributed by atoms with E-state index in [4.69, 9.17) is 4.74 Å². The fourth-order valence-corrected chi connectivity index (χ4v) is 4.46. The molecule has 206 valence electrons. The second kappa shape index (κ2) is 31.0. The first-order valence-corrected chi connectivity index (χ1v) is 15.8. The van der Waals surface area contributed by atoms with Crippen molar-refractivity contribution in [3.63, 3.8) is 0 Å². The molecule has 2 heteroatoms. The van der Waals surface area contributed by atoms with Gasteiger partial charge in [-0.15, -0.1) is 0 Å². The zero-order chi connectivity index (χ0) is 25.5. The Bertz CT molecular complexity index is 466. The van der Waals surface area contributed by atoms with E-state index < -0.39 is 0 Å². The molecule has 0 aliphatic heterocycles. The van der Waals surface area contributed by atoms with Crippen LogP contribution in [0.25, 0.3) is 0 Å². The number of hydrogen-bond donors (Lipinski definition) is 0. The average molecular weight is 491 g/mol. The van der Waals surface area contributed by atoms with Crippen molar-refractivity contribution >= 4 is 5.97 Å². The fourth-order valence-electron chi connectivity index (χ4n) is 4.46. The summed E-state index contributed by atoms with van der Waals surface area (Å²) >= 11 is 0. The van der Waals surface area contributed by atoms with E-state index >= 15 is 0 Å². The highest BCUT2D eigenvalue weighted by Crippen LogP contribution is 2.13. The molecule has 0 unspecified atom stereocenters. The third kappa shape index (κ3) is 30.9. The molecule has 0 saturated heterocycles. The first-order chi connectivity index (χ1) is 17.3. The lowest BCUT2D eigenvalue weighted by Gasteiger charge is -2.05. The smallest absolute Gasteiger partial charge is 0.305 e. The van der Waals surface area contributed by atoms with Gasteiger partial charge in [-0.05, 0) is 44.9 Å². The number of esters is 1. The molecule has 0 amide bonds. The average Bonchev–Trinajstić information content (AvgIpc) is 2.86. The van der Waals surface area contributed by atoms with Crippen LogP contribution in [-0.4, -0.2) is 12.6 Å². The van der Waals surface area contributed by atoms with Crippen molar-refractivity contribution in [1.82, 2.24) is 0 Å². The highest BCUT2D eigenvalue weighted by Gasteiger charge is 2.02. The zero-order valence-electron chi connectivity index (χ0n) is 24.0. The van der Waals surface area contributed by atoms with Gasteiger partial charge < -0.3 is 4.74 Å². The maximum atomic E-state index is 11.9. The van der Waals surface area contributed by atoms with Gasteiger partial charge in [-0.3, -0.25) is 4.79 Å². The SMILES string of the molecule is CCCCC/C=C\C/C=C\CCCCCCCC(=O)OCCCCCCCCCCCCCCC. The maximum Gasteiger partial charge on any atom is 0.305 e. The van der Waals surface area contributed by atoms with Crippen molar-refractivity contribution in [1.29, 1.82) is 0 Å². The van der Waals surface area contributed by atoms with E-state index in [1.807, 2.05) is 0 Å². The molecule has 0 aliphatic carbocycles. The normalized spacial score (nSPS) is 11.7. The van der Waals surface area contributed by atoms with Crippen LogP contribution in [0.3, 0.4) is 0 Å². The number of carbonyl (C=O) groups excluding carboxylic acids is 1. The molecule has 0 aromatic rings. The van der Waals surface area contributed by atoms with Gasteiger partial charge in [0.05, 0.1) is 6.61 Å². The number of hydrogen-bond acceptors (Lipinski definition) is 2. The third-order valence-corrected chi connectivity index (χ3v) is 6.84. The summed E-state index contributed by atoms with van der Waals surface area (Å²) in [7, 11) is 0. The van der Waals surface area contributed by atoms with Gasteiger partial charge in [-0.1, -0.05) is 147 Å². The predicted octanol–water partition coefficient (Wildman–Crippen LogP) is 11.4. The van der Waals surface area contributed by atoms with E-state index in [0.717, 1.165) is 25.7 Å². The molecule has 0 aliphatic rings. The van der Waals surface area contributed by atoms with Crippen LogP contribution in [0.2, 0.25) is 0 Å². The van der Waals surface area contributed by atoms with Gasteiger partial charge in [-0.2, -0.15) is 0 Å². The minimum absolute atomic E-state index is 0.00891. The molecule has 0 rings (SSSR count). The van der Waals surface area contributed by atoms with Crippen LogP contribution in [-0.2, 0) is 9.53 Å². The summed E-state index contributed by atoms with van der Waals surface area (Å²) < 4.78 is 5.41. The lowest BCUT2D eigenvalue weighted by Crippen LogP contribution is -2.05. The molecule has 0 saturated carbocycles. The Morgan fingerprint density at radius 1 is 0.486 bits per heavy atom. The molecule has 0 N–H and O–H groups in total. The minimum Gasteiger partial charge on any atom is -0.466 e. The molecule has 0 radical (unpaired) electrons. The molecule has 2 nitrogen and oxygen atoms in total. The monoisotopic (exact) mass is 490 g/mol. The van der Waals surface area contributed by atoms with Gasteiger partial charge in [0.2, 0.25) is 0 Å². The second-order valence-electron chi connectivity index (χ2n) is 10.4. The Labute approximate surface area is 220 Å². The van der Waals surface area contributed by atoms with Crippen LogP contribution < -0.4 is 0 Å². The largest absolute Gasteiger partial charge is 0.466 e. The Kier molecular flexibility index (Phi) is 30.1. The molecule has 0 spiro atoms. The first-order valence-electron chi connectivity index (χ1n) is 15.8. The summed E-state index contributed by atoms with van der Waals surface area (Å²) in [4.78, 5) is 11.9. The lowest BCUT2D eigenvalue weighted by atomic mass is 10.0. The van der Waals surface area contributed by atoms with Gasteiger partial charge in [0, 0.05) is 6.42 Å². The van der Waals surface area contributed by atoms with Crippen molar-refractivity contribution in [2.45, 2.75) is 174 Å². The number of carbonyl (C=O) groups is 1. The first kappa shape index (κ1) is 34.0. The van der Waals surface area contributed by atoms with E-state index in [2.05, 4.69) is 38.2 Å². The highest BCUT2D eigenvalue weighted by atomic mass is 16.5. The summed E-state index contributed by atoms with van der Waals surface area (Å²) in [5.41, 5.74) is 0. The van der Waals surface area contributed by atoms with E-state index in [1.54, 1.807) is 0 Å². The Hall–Kier alpha value is -1.05. The predicted molar refractivity (Wildman–Crippen MR) is 156 cm³/mol. The van der Waals surface area contributed by atoms with Gasteiger partial charge >= 0.3 is 5.97 Å². The van der Waals surface area contributed by atoms with Crippen molar-refractivity contribution < 1.29 is 9.53 Å². The van der Waals surface area contributed by atoms with E-state index in [-0.39, 0.29) is 5.97 Å². The summed E-state index contributed by atoms with van der Waals surface area (Å²) in [5, 5.41) is 0. The molecule has 0 atom stereocenters. The maximum absolute atomic E-state index is 11.9. The Balaban J connectivity index is 3.23. The van der Waals surface area contributed by atoms with E-state index in [9.17, 15) is 4.79 Å². The van der Waals surface area contributed by atoms with Gasteiger partial charge in [0.25, 0.3) is 0 Å². The van der Waals surface area contributed by atoms with Crippen LogP contribution in [0.4, 0.5) is 0 Å². The molecule has 0 bridgehead atoms. The topological polar surface area (TPSA) is 26.3 Å². The Morgan fingerprint density at radius 2 is 0.886 bits per heavy atom.